The molecule has 0 aliphatic rings. The standard InChI is InChI=1S/C31H37Cl2N3O4S/c1-5-18-34-31(38)29(6-2)35(20-23-12-17-27(32)28(33)19-23)30(37)21-36(25-15-13-24(14-16-25)22(3)4)41(39,40)26-10-8-7-9-11-26/h7-17,19,22,29H,5-6,18,20-21H2,1-4H3,(H,34,38)/t29-/m1/s1. The van der Waals surface area contributed by atoms with Gasteiger partial charge in [-0.2, -0.15) is 0 Å². The quantitative estimate of drug-likeness (QED) is 0.233. The minimum Gasteiger partial charge on any atom is -0.354 e. The van der Waals surface area contributed by atoms with Crippen molar-refractivity contribution in [1.82, 2.24) is 10.2 Å². The molecule has 0 unspecified atom stereocenters. The molecule has 3 rings (SSSR count). The first kappa shape index (κ1) is 32.4. The number of hydrogen-bond donors (Lipinski definition) is 1. The first-order chi connectivity index (χ1) is 19.5. The van der Waals surface area contributed by atoms with Crippen LogP contribution in [-0.2, 0) is 26.2 Å². The van der Waals surface area contributed by atoms with Gasteiger partial charge in [-0.15, -0.1) is 0 Å². The average Bonchev–Trinajstić information content (AvgIpc) is 2.96. The van der Waals surface area contributed by atoms with Crippen molar-refractivity contribution < 1.29 is 18.0 Å². The van der Waals surface area contributed by atoms with Crippen molar-refractivity contribution in [3.05, 3.63) is 94.0 Å². The van der Waals surface area contributed by atoms with E-state index in [1.165, 1.54) is 17.0 Å². The molecule has 0 heterocycles. The number of anilines is 1. The van der Waals surface area contributed by atoms with Crippen LogP contribution in [0.5, 0.6) is 0 Å². The Hall–Kier alpha value is -3.07. The van der Waals surface area contributed by atoms with Crippen molar-refractivity contribution >= 4 is 50.7 Å². The van der Waals surface area contributed by atoms with Crippen LogP contribution in [0, 0.1) is 0 Å². The van der Waals surface area contributed by atoms with E-state index in [0.717, 1.165) is 16.3 Å². The van der Waals surface area contributed by atoms with Gasteiger partial charge in [-0.3, -0.25) is 13.9 Å². The summed E-state index contributed by atoms with van der Waals surface area (Å²) in [5.74, 6) is -0.581. The second-order valence-electron chi connectivity index (χ2n) is 10.1. The zero-order valence-corrected chi connectivity index (χ0v) is 26.1. The van der Waals surface area contributed by atoms with E-state index >= 15 is 0 Å². The van der Waals surface area contributed by atoms with Gasteiger partial charge in [0, 0.05) is 13.1 Å². The van der Waals surface area contributed by atoms with Crippen LogP contribution in [0.4, 0.5) is 5.69 Å². The van der Waals surface area contributed by atoms with Crippen LogP contribution in [0.3, 0.4) is 0 Å². The summed E-state index contributed by atoms with van der Waals surface area (Å²) >= 11 is 12.3. The fraction of sp³-hybridized carbons (Fsp3) is 0.355. The Morgan fingerprint density at radius 3 is 2.12 bits per heavy atom. The summed E-state index contributed by atoms with van der Waals surface area (Å²) in [6, 6.07) is 19.3. The van der Waals surface area contributed by atoms with Gasteiger partial charge in [0.2, 0.25) is 11.8 Å². The fourth-order valence-corrected chi connectivity index (χ4v) is 6.15. The molecule has 7 nitrogen and oxygen atoms in total. The van der Waals surface area contributed by atoms with Gasteiger partial charge in [-0.05, 0) is 66.3 Å². The van der Waals surface area contributed by atoms with Crippen molar-refractivity contribution in [2.75, 3.05) is 17.4 Å². The smallest absolute Gasteiger partial charge is 0.264 e. The molecule has 3 aromatic carbocycles. The molecular formula is C31H37Cl2N3O4S. The normalized spacial score (nSPS) is 12.2. The highest BCUT2D eigenvalue weighted by Crippen LogP contribution is 2.28. The number of nitrogens with zero attached hydrogens (tertiary/aromatic N) is 2. The zero-order chi connectivity index (χ0) is 30.2. The highest BCUT2D eigenvalue weighted by molar-refractivity contribution is 7.92. The summed E-state index contributed by atoms with van der Waals surface area (Å²) in [4.78, 5) is 28.8. The summed E-state index contributed by atoms with van der Waals surface area (Å²) in [6.07, 6.45) is 1.06. The van der Waals surface area contributed by atoms with E-state index in [4.69, 9.17) is 23.2 Å². The fourth-order valence-electron chi connectivity index (χ4n) is 4.39. The average molecular weight is 619 g/mol. The molecule has 0 aliphatic carbocycles. The predicted molar refractivity (Wildman–Crippen MR) is 166 cm³/mol. The summed E-state index contributed by atoms with van der Waals surface area (Å²) in [7, 11) is -4.12. The van der Waals surface area contributed by atoms with Crippen molar-refractivity contribution in [3.63, 3.8) is 0 Å². The SMILES string of the molecule is CCCNC(=O)[C@@H](CC)N(Cc1ccc(Cl)c(Cl)c1)C(=O)CN(c1ccc(C(C)C)cc1)S(=O)(=O)c1ccccc1. The van der Waals surface area contributed by atoms with Gasteiger partial charge in [-0.25, -0.2) is 8.42 Å². The third kappa shape index (κ3) is 8.24. The van der Waals surface area contributed by atoms with Gasteiger partial charge in [0.25, 0.3) is 10.0 Å². The topological polar surface area (TPSA) is 86.8 Å². The van der Waals surface area contributed by atoms with E-state index in [9.17, 15) is 18.0 Å². The van der Waals surface area contributed by atoms with E-state index in [-0.39, 0.29) is 23.3 Å². The second kappa shape index (κ2) is 14.7. The monoisotopic (exact) mass is 617 g/mol. The van der Waals surface area contributed by atoms with Crippen LogP contribution in [0.2, 0.25) is 10.0 Å². The molecule has 1 N–H and O–H groups in total. The van der Waals surface area contributed by atoms with Crippen LogP contribution in [0.1, 0.15) is 57.6 Å². The van der Waals surface area contributed by atoms with Gasteiger partial charge in [0.1, 0.15) is 12.6 Å². The van der Waals surface area contributed by atoms with Crippen molar-refractivity contribution in [2.24, 2.45) is 0 Å². The van der Waals surface area contributed by atoms with Crippen molar-refractivity contribution in [1.29, 1.82) is 0 Å². The molecule has 3 aromatic rings. The summed E-state index contributed by atoms with van der Waals surface area (Å²) in [6.45, 7) is 7.85. The Bertz CT molecular complexity index is 1430. The molecule has 41 heavy (non-hydrogen) atoms. The van der Waals surface area contributed by atoms with Gasteiger partial charge in [0.15, 0.2) is 0 Å². The maximum atomic E-state index is 14.1. The Labute approximate surface area is 253 Å². The van der Waals surface area contributed by atoms with Crippen molar-refractivity contribution in [2.45, 2.75) is 63.9 Å². The molecule has 2 amide bonds. The number of rotatable bonds is 13. The second-order valence-corrected chi connectivity index (χ2v) is 12.7. The lowest BCUT2D eigenvalue weighted by atomic mass is 10.0. The molecule has 0 saturated carbocycles. The lowest BCUT2D eigenvalue weighted by Gasteiger charge is -2.33. The summed E-state index contributed by atoms with van der Waals surface area (Å²) < 4.78 is 28.9. The first-order valence-electron chi connectivity index (χ1n) is 13.7. The van der Waals surface area contributed by atoms with Crippen molar-refractivity contribution in [3.8, 4) is 0 Å². The number of benzene rings is 3. The van der Waals surface area contributed by atoms with Crippen LogP contribution in [-0.4, -0.2) is 44.3 Å². The molecule has 0 fully saturated rings. The summed E-state index contributed by atoms with van der Waals surface area (Å²) in [5, 5.41) is 3.56. The van der Waals surface area contributed by atoms with Gasteiger partial charge in [-0.1, -0.05) is 87.3 Å². The first-order valence-corrected chi connectivity index (χ1v) is 15.9. The molecule has 10 heteroatoms. The van der Waals surface area contributed by atoms with E-state index < -0.39 is 28.5 Å². The molecule has 220 valence electrons. The Morgan fingerprint density at radius 1 is 0.902 bits per heavy atom. The third-order valence-electron chi connectivity index (χ3n) is 6.73. The number of amides is 2. The molecule has 0 spiro atoms. The predicted octanol–water partition coefficient (Wildman–Crippen LogP) is 6.65. The molecular weight excluding hydrogens is 581 g/mol. The number of carbonyl (C=O) groups is 2. The van der Waals surface area contributed by atoms with Gasteiger partial charge in [0.05, 0.1) is 20.6 Å². The van der Waals surface area contributed by atoms with Gasteiger partial charge < -0.3 is 10.2 Å². The van der Waals surface area contributed by atoms with Crippen LogP contribution < -0.4 is 9.62 Å². The number of carbonyl (C=O) groups excluding carboxylic acids is 2. The van der Waals surface area contributed by atoms with E-state index in [1.54, 1.807) is 48.5 Å². The van der Waals surface area contributed by atoms with E-state index in [2.05, 4.69) is 5.32 Å². The Morgan fingerprint density at radius 2 is 1.56 bits per heavy atom. The largest absolute Gasteiger partial charge is 0.354 e. The Kier molecular flexibility index (Phi) is 11.6. The third-order valence-corrected chi connectivity index (χ3v) is 9.26. The lowest BCUT2D eigenvalue weighted by molar-refractivity contribution is -0.140. The minimum atomic E-state index is -4.12. The van der Waals surface area contributed by atoms with Crippen LogP contribution >= 0.6 is 23.2 Å². The highest BCUT2D eigenvalue weighted by Gasteiger charge is 2.33. The molecule has 0 aliphatic heterocycles. The molecule has 0 aromatic heterocycles. The maximum Gasteiger partial charge on any atom is 0.264 e. The molecule has 1 atom stereocenters. The Balaban J connectivity index is 2.06. The zero-order valence-electron chi connectivity index (χ0n) is 23.8. The summed E-state index contributed by atoms with van der Waals surface area (Å²) in [5.41, 5.74) is 2.05. The molecule has 0 saturated heterocycles. The van der Waals surface area contributed by atoms with E-state index in [0.29, 0.717) is 34.3 Å². The number of sulfonamides is 1. The van der Waals surface area contributed by atoms with E-state index in [1.807, 2.05) is 39.8 Å². The molecule has 0 bridgehead atoms. The van der Waals surface area contributed by atoms with Crippen LogP contribution in [0.15, 0.2) is 77.7 Å². The number of nitrogens with one attached hydrogen (secondary N) is 1. The number of halogens is 2. The van der Waals surface area contributed by atoms with Gasteiger partial charge >= 0.3 is 0 Å². The highest BCUT2D eigenvalue weighted by atomic mass is 35.5. The number of hydrogen-bond acceptors (Lipinski definition) is 4. The van der Waals surface area contributed by atoms with Crippen LogP contribution in [0.25, 0.3) is 0 Å². The minimum absolute atomic E-state index is 0.0410. The lowest BCUT2D eigenvalue weighted by Crippen LogP contribution is -2.52. The maximum absolute atomic E-state index is 14.1. The molecule has 0 radical (unpaired) electrons.